The van der Waals surface area contributed by atoms with E-state index < -0.39 is 10.0 Å². The summed E-state index contributed by atoms with van der Waals surface area (Å²) < 4.78 is 26.3. The molecule has 0 saturated heterocycles. The Morgan fingerprint density at radius 2 is 2.21 bits per heavy atom. The van der Waals surface area contributed by atoms with Crippen LogP contribution in [0.1, 0.15) is 13.3 Å². The Kier molecular flexibility index (Phi) is 3.75. The van der Waals surface area contributed by atoms with Gasteiger partial charge in [0.15, 0.2) is 5.03 Å². The molecule has 0 amide bonds. The third-order valence-corrected chi connectivity index (χ3v) is 4.38. The maximum atomic E-state index is 12.5. The van der Waals surface area contributed by atoms with E-state index in [1.54, 1.807) is 24.3 Å². The zero-order valence-corrected chi connectivity index (χ0v) is 11.4. The van der Waals surface area contributed by atoms with E-state index in [0.717, 1.165) is 0 Å². The molecule has 7 heteroatoms. The van der Waals surface area contributed by atoms with Crippen LogP contribution in [-0.4, -0.2) is 24.9 Å². The number of nitrogens with two attached hydrogens (primary N) is 1. The van der Waals surface area contributed by atoms with E-state index in [1.165, 1.54) is 16.8 Å². The summed E-state index contributed by atoms with van der Waals surface area (Å²) in [7, 11) is -3.63. The maximum absolute atomic E-state index is 12.5. The lowest BCUT2D eigenvalue weighted by molar-refractivity contribution is 0.587. The Labute approximate surface area is 112 Å². The molecule has 0 spiro atoms. The number of aromatic nitrogens is 2. The van der Waals surface area contributed by atoms with Crippen molar-refractivity contribution in [3.8, 4) is 0 Å². The Bertz CT molecular complexity index is 638. The average Bonchev–Trinajstić information content (AvgIpc) is 2.90. The van der Waals surface area contributed by atoms with Crippen LogP contribution in [0.5, 0.6) is 0 Å². The van der Waals surface area contributed by atoms with Crippen molar-refractivity contribution in [2.24, 2.45) is 0 Å². The topological polar surface area (TPSA) is 92.1 Å². The molecule has 0 aliphatic heterocycles. The molecule has 0 radical (unpaired) electrons. The van der Waals surface area contributed by atoms with Gasteiger partial charge in [-0.1, -0.05) is 13.0 Å². The normalized spacial score (nSPS) is 11.4. The third kappa shape index (κ3) is 2.70. The molecule has 2 rings (SSSR count). The molecule has 6 nitrogen and oxygen atoms in total. The standard InChI is InChI=1S/C12H16N4O2S/c1-2-6-16(11-5-3-4-10(13)7-11)19(17,18)12-8-14-9-15-12/h3-5,7-9H,2,6,13H2,1H3,(H,14,15). The SMILES string of the molecule is CCCN(c1cccc(N)c1)S(=O)(=O)c1cnc[nH]1. The minimum atomic E-state index is -3.63. The quantitative estimate of drug-likeness (QED) is 0.814. The number of hydrogen-bond donors (Lipinski definition) is 2. The van der Waals surface area contributed by atoms with Crippen molar-refractivity contribution in [1.29, 1.82) is 0 Å². The van der Waals surface area contributed by atoms with Crippen molar-refractivity contribution < 1.29 is 8.42 Å². The fraction of sp³-hybridized carbons (Fsp3) is 0.250. The molecule has 0 aliphatic carbocycles. The lowest BCUT2D eigenvalue weighted by Gasteiger charge is -2.23. The summed E-state index contributed by atoms with van der Waals surface area (Å²) in [5, 5.41) is 0.0726. The molecule has 0 saturated carbocycles. The summed E-state index contributed by atoms with van der Waals surface area (Å²) in [6.07, 6.45) is 3.34. The molecule has 19 heavy (non-hydrogen) atoms. The molecule has 1 aromatic heterocycles. The smallest absolute Gasteiger partial charge is 0.281 e. The van der Waals surface area contributed by atoms with Crippen molar-refractivity contribution in [2.45, 2.75) is 18.4 Å². The van der Waals surface area contributed by atoms with Crippen LogP contribution in [0.3, 0.4) is 0 Å². The van der Waals surface area contributed by atoms with Crippen LogP contribution in [0, 0.1) is 0 Å². The minimum Gasteiger partial charge on any atom is -0.399 e. The number of imidazole rings is 1. The highest BCUT2D eigenvalue weighted by Gasteiger charge is 2.25. The number of rotatable bonds is 5. The number of hydrogen-bond acceptors (Lipinski definition) is 4. The lowest BCUT2D eigenvalue weighted by Crippen LogP contribution is -2.32. The van der Waals surface area contributed by atoms with Crippen LogP contribution in [0.2, 0.25) is 0 Å². The molecule has 1 aromatic carbocycles. The number of H-pyrrole nitrogens is 1. The van der Waals surface area contributed by atoms with E-state index in [4.69, 9.17) is 5.73 Å². The predicted molar refractivity (Wildman–Crippen MR) is 74.3 cm³/mol. The monoisotopic (exact) mass is 280 g/mol. The second-order valence-corrected chi connectivity index (χ2v) is 5.92. The number of nitrogens with zero attached hydrogens (tertiary/aromatic N) is 2. The van der Waals surface area contributed by atoms with Crippen molar-refractivity contribution in [3.05, 3.63) is 36.8 Å². The van der Waals surface area contributed by atoms with Gasteiger partial charge < -0.3 is 10.7 Å². The molecule has 0 unspecified atom stereocenters. The highest BCUT2D eigenvalue weighted by molar-refractivity contribution is 7.92. The van der Waals surface area contributed by atoms with Gasteiger partial charge in [-0.25, -0.2) is 4.98 Å². The molecule has 3 N–H and O–H groups in total. The minimum absolute atomic E-state index is 0.0726. The Morgan fingerprint density at radius 3 is 2.79 bits per heavy atom. The first-order valence-electron chi connectivity index (χ1n) is 5.92. The largest absolute Gasteiger partial charge is 0.399 e. The first-order chi connectivity index (χ1) is 9.05. The highest BCUT2D eigenvalue weighted by Crippen LogP contribution is 2.24. The second kappa shape index (κ2) is 5.31. The second-order valence-electron chi connectivity index (χ2n) is 4.09. The molecule has 0 aliphatic rings. The average molecular weight is 280 g/mol. The van der Waals surface area contributed by atoms with Gasteiger partial charge in [-0.3, -0.25) is 4.31 Å². The van der Waals surface area contributed by atoms with E-state index >= 15 is 0 Å². The van der Waals surface area contributed by atoms with Crippen LogP contribution in [0.25, 0.3) is 0 Å². The Hall–Kier alpha value is -2.02. The molecular weight excluding hydrogens is 264 g/mol. The predicted octanol–water partition coefficient (Wildman–Crippen LogP) is 1.60. The number of nitrogen functional groups attached to an aromatic ring is 1. The van der Waals surface area contributed by atoms with E-state index in [9.17, 15) is 8.42 Å². The molecule has 0 bridgehead atoms. The third-order valence-electron chi connectivity index (χ3n) is 2.63. The fourth-order valence-corrected chi connectivity index (χ4v) is 3.22. The van der Waals surface area contributed by atoms with Gasteiger partial charge in [-0.15, -0.1) is 0 Å². The molecule has 102 valence electrons. The molecule has 0 fully saturated rings. The van der Waals surface area contributed by atoms with E-state index in [0.29, 0.717) is 24.3 Å². The number of nitrogens with one attached hydrogen (secondary N) is 1. The zero-order chi connectivity index (χ0) is 13.9. The molecule has 0 atom stereocenters. The molecule has 2 aromatic rings. The van der Waals surface area contributed by atoms with Crippen molar-refractivity contribution in [1.82, 2.24) is 9.97 Å². The summed E-state index contributed by atoms with van der Waals surface area (Å²) in [5.41, 5.74) is 6.79. The first-order valence-corrected chi connectivity index (χ1v) is 7.36. The number of anilines is 2. The van der Waals surface area contributed by atoms with Gasteiger partial charge >= 0.3 is 0 Å². The summed E-state index contributed by atoms with van der Waals surface area (Å²) >= 11 is 0. The number of sulfonamides is 1. The summed E-state index contributed by atoms with van der Waals surface area (Å²) in [4.78, 5) is 6.38. The van der Waals surface area contributed by atoms with Gasteiger partial charge in [0.2, 0.25) is 0 Å². The molecule has 1 heterocycles. The van der Waals surface area contributed by atoms with Crippen LogP contribution in [0.15, 0.2) is 41.8 Å². The number of aromatic amines is 1. The van der Waals surface area contributed by atoms with E-state index in [1.807, 2.05) is 6.92 Å². The lowest BCUT2D eigenvalue weighted by atomic mass is 10.3. The number of benzene rings is 1. The Morgan fingerprint density at radius 1 is 1.42 bits per heavy atom. The fourth-order valence-electron chi connectivity index (χ4n) is 1.77. The van der Waals surface area contributed by atoms with Gasteiger partial charge in [-0.2, -0.15) is 8.42 Å². The van der Waals surface area contributed by atoms with Crippen molar-refractivity contribution in [2.75, 3.05) is 16.6 Å². The maximum Gasteiger partial charge on any atom is 0.281 e. The van der Waals surface area contributed by atoms with Crippen LogP contribution in [-0.2, 0) is 10.0 Å². The first kappa shape index (κ1) is 13.4. The summed E-state index contributed by atoms with van der Waals surface area (Å²) in [6, 6.07) is 6.82. The van der Waals surface area contributed by atoms with Gasteiger partial charge in [0.05, 0.1) is 18.2 Å². The van der Waals surface area contributed by atoms with Gasteiger partial charge in [-0.05, 0) is 24.6 Å². The summed E-state index contributed by atoms with van der Waals surface area (Å²) in [6.45, 7) is 2.30. The van der Waals surface area contributed by atoms with Crippen LogP contribution >= 0.6 is 0 Å². The summed E-state index contributed by atoms with van der Waals surface area (Å²) in [5.74, 6) is 0. The molecular formula is C12H16N4O2S. The van der Waals surface area contributed by atoms with E-state index in [2.05, 4.69) is 9.97 Å². The highest BCUT2D eigenvalue weighted by atomic mass is 32.2. The van der Waals surface area contributed by atoms with Gasteiger partial charge in [0, 0.05) is 12.2 Å². The van der Waals surface area contributed by atoms with Crippen LogP contribution < -0.4 is 10.0 Å². The van der Waals surface area contributed by atoms with Gasteiger partial charge in [0.25, 0.3) is 10.0 Å². The van der Waals surface area contributed by atoms with E-state index in [-0.39, 0.29) is 5.03 Å². The Balaban J connectivity index is 2.46. The zero-order valence-electron chi connectivity index (χ0n) is 10.6. The van der Waals surface area contributed by atoms with Gasteiger partial charge in [0.1, 0.15) is 0 Å². The van der Waals surface area contributed by atoms with Crippen molar-refractivity contribution in [3.63, 3.8) is 0 Å². The van der Waals surface area contributed by atoms with Crippen LogP contribution in [0.4, 0.5) is 11.4 Å². The van der Waals surface area contributed by atoms with Crippen molar-refractivity contribution >= 4 is 21.4 Å².